The van der Waals surface area contributed by atoms with Crippen LogP contribution in [0.5, 0.6) is 0 Å². The van der Waals surface area contributed by atoms with E-state index in [1.165, 1.54) is 45.6 Å². The van der Waals surface area contributed by atoms with Crippen molar-refractivity contribution in [2.45, 2.75) is 47.5 Å². The van der Waals surface area contributed by atoms with E-state index in [0.717, 1.165) is 19.0 Å². The van der Waals surface area contributed by atoms with E-state index < -0.39 is 0 Å². The van der Waals surface area contributed by atoms with Crippen LogP contribution in [0.25, 0.3) is 0 Å². The minimum atomic E-state index is 0.661. The first kappa shape index (κ1) is 18.9. The summed E-state index contributed by atoms with van der Waals surface area (Å²) in [6.07, 6.45) is 2.53. The molecule has 3 heteroatoms. The SMILES string of the molecule is CCN(CC)CCCN(CC)CC(CN)CC(C)C. The van der Waals surface area contributed by atoms with Crippen LogP contribution < -0.4 is 5.73 Å². The topological polar surface area (TPSA) is 32.5 Å². The normalized spacial score (nSPS) is 13.7. The van der Waals surface area contributed by atoms with E-state index >= 15 is 0 Å². The van der Waals surface area contributed by atoms with Gasteiger partial charge in [0.25, 0.3) is 0 Å². The minimum absolute atomic E-state index is 0.661. The lowest BCUT2D eigenvalue weighted by molar-refractivity contribution is 0.207. The van der Waals surface area contributed by atoms with Crippen LogP contribution in [0.15, 0.2) is 0 Å². The van der Waals surface area contributed by atoms with Gasteiger partial charge in [-0.05, 0) is 63.9 Å². The predicted molar refractivity (Wildman–Crippen MR) is 86.5 cm³/mol. The van der Waals surface area contributed by atoms with Crippen LogP contribution >= 0.6 is 0 Å². The van der Waals surface area contributed by atoms with Gasteiger partial charge in [-0.2, -0.15) is 0 Å². The van der Waals surface area contributed by atoms with Crippen LogP contribution in [0.4, 0.5) is 0 Å². The van der Waals surface area contributed by atoms with Gasteiger partial charge in [-0.1, -0.05) is 34.6 Å². The highest BCUT2D eigenvalue weighted by Crippen LogP contribution is 2.12. The third-order valence-electron chi connectivity index (χ3n) is 3.94. The van der Waals surface area contributed by atoms with E-state index in [0.29, 0.717) is 5.92 Å². The molecule has 0 fully saturated rings. The maximum Gasteiger partial charge on any atom is 0.00217 e. The van der Waals surface area contributed by atoms with Crippen molar-refractivity contribution in [1.29, 1.82) is 0 Å². The Bertz CT molecular complexity index is 190. The maximum atomic E-state index is 5.91. The van der Waals surface area contributed by atoms with Crippen LogP contribution in [-0.2, 0) is 0 Å². The largest absolute Gasteiger partial charge is 0.330 e. The predicted octanol–water partition coefficient (Wildman–Crippen LogP) is 2.66. The Morgan fingerprint density at radius 2 is 1.42 bits per heavy atom. The molecule has 0 saturated heterocycles. The van der Waals surface area contributed by atoms with E-state index in [1.54, 1.807) is 0 Å². The molecule has 116 valence electrons. The third kappa shape index (κ3) is 9.42. The first-order valence-electron chi connectivity index (χ1n) is 8.21. The van der Waals surface area contributed by atoms with E-state index in [4.69, 9.17) is 5.73 Å². The molecule has 0 aromatic rings. The van der Waals surface area contributed by atoms with Crippen LogP contribution in [0.1, 0.15) is 47.5 Å². The smallest absolute Gasteiger partial charge is 0.00217 e. The molecule has 0 bridgehead atoms. The summed E-state index contributed by atoms with van der Waals surface area (Å²) in [5, 5.41) is 0. The lowest BCUT2D eigenvalue weighted by atomic mass is 9.96. The number of nitrogens with two attached hydrogens (primary N) is 1. The van der Waals surface area contributed by atoms with Crippen molar-refractivity contribution in [3.8, 4) is 0 Å². The van der Waals surface area contributed by atoms with Gasteiger partial charge in [0.1, 0.15) is 0 Å². The molecule has 0 aliphatic rings. The van der Waals surface area contributed by atoms with Gasteiger partial charge in [0.15, 0.2) is 0 Å². The summed E-state index contributed by atoms with van der Waals surface area (Å²) in [5.74, 6) is 1.41. The second kappa shape index (κ2) is 11.7. The Morgan fingerprint density at radius 1 is 0.895 bits per heavy atom. The van der Waals surface area contributed by atoms with Crippen LogP contribution in [0, 0.1) is 11.8 Å². The number of rotatable bonds is 12. The zero-order chi connectivity index (χ0) is 14.7. The molecule has 0 saturated carbocycles. The van der Waals surface area contributed by atoms with Gasteiger partial charge >= 0.3 is 0 Å². The molecule has 0 heterocycles. The quantitative estimate of drug-likeness (QED) is 0.592. The standard InChI is InChI=1S/C16H37N3/c1-6-18(7-2)10-9-11-19(8-3)14-16(13-17)12-15(4)5/h15-16H,6-14,17H2,1-5H3. The summed E-state index contributed by atoms with van der Waals surface area (Å²) in [7, 11) is 0. The number of hydrogen-bond acceptors (Lipinski definition) is 3. The van der Waals surface area contributed by atoms with Crippen molar-refractivity contribution in [2.24, 2.45) is 17.6 Å². The Morgan fingerprint density at radius 3 is 1.84 bits per heavy atom. The summed E-state index contributed by atoms with van der Waals surface area (Å²) in [5.41, 5.74) is 5.91. The summed E-state index contributed by atoms with van der Waals surface area (Å²) in [6, 6.07) is 0. The maximum absolute atomic E-state index is 5.91. The van der Waals surface area contributed by atoms with Crippen LogP contribution in [0.2, 0.25) is 0 Å². The molecule has 1 unspecified atom stereocenters. The van der Waals surface area contributed by atoms with Gasteiger partial charge in [0.05, 0.1) is 0 Å². The van der Waals surface area contributed by atoms with Gasteiger partial charge in [-0.3, -0.25) is 0 Å². The Labute approximate surface area is 121 Å². The summed E-state index contributed by atoms with van der Waals surface area (Å²) in [4.78, 5) is 5.08. The van der Waals surface area contributed by atoms with Gasteiger partial charge in [-0.25, -0.2) is 0 Å². The highest BCUT2D eigenvalue weighted by molar-refractivity contribution is 4.68. The van der Waals surface area contributed by atoms with Crippen molar-refractivity contribution in [3.05, 3.63) is 0 Å². The molecule has 0 aliphatic carbocycles. The Hall–Kier alpha value is -0.120. The molecule has 1 atom stereocenters. The average molecular weight is 271 g/mol. The molecule has 0 aromatic carbocycles. The highest BCUT2D eigenvalue weighted by Gasteiger charge is 2.13. The van der Waals surface area contributed by atoms with Gasteiger partial charge in [-0.15, -0.1) is 0 Å². The number of nitrogens with zero attached hydrogens (tertiary/aromatic N) is 2. The van der Waals surface area contributed by atoms with Crippen molar-refractivity contribution < 1.29 is 0 Å². The molecule has 19 heavy (non-hydrogen) atoms. The van der Waals surface area contributed by atoms with E-state index in [9.17, 15) is 0 Å². The van der Waals surface area contributed by atoms with E-state index in [-0.39, 0.29) is 0 Å². The van der Waals surface area contributed by atoms with Crippen LogP contribution in [-0.4, -0.2) is 55.6 Å². The second-order valence-corrected chi connectivity index (χ2v) is 6.00. The third-order valence-corrected chi connectivity index (χ3v) is 3.94. The lowest BCUT2D eigenvalue weighted by Gasteiger charge is -2.27. The fourth-order valence-corrected chi connectivity index (χ4v) is 2.71. The molecular weight excluding hydrogens is 234 g/mol. The lowest BCUT2D eigenvalue weighted by Crippen LogP contribution is -2.35. The summed E-state index contributed by atoms with van der Waals surface area (Å²) < 4.78 is 0. The fourth-order valence-electron chi connectivity index (χ4n) is 2.71. The van der Waals surface area contributed by atoms with E-state index in [2.05, 4.69) is 44.4 Å². The molecule has 0 amide bonds. The fraction of sp³-hybridized carbons (Fsp3) is 1.00. The summed E-state index contributed by atoms with van der Waals surface area (Å²) >= 11 is 0. The first-order valence-corrected chi connectivity index (χ1v) is 8.21. The zero-order valence-electron chi connectivity index (χ0n) is 14.0. The molecule has 0 spiro atoms. The second-order valence-electron chi connectivity index (χ2n) is 6.00. The molecule has 0 aliphatic heterocycles. The van der Waals surface area contributed by atoms with Crippen molar-refractivity contribution in [2.75, 3.05) is 45.8 Å². The number of hydrogen-bond donors (Lipinski definition) is 1. The zero-order valence-corrected chi connectivity index (χ0v) is 14.0. The summed E-state index contributed by atoms with van der Waals surface area (Å²) in [6.45, 7) is 19.2. The Balaban J connectivity index is 3.98. The average Bonchev–Trinajstić information content (AvgIpc) is 2.40. The molecule has 0 aromatic heterocycles. The highest BCUT2D eigenvalue weighted by atomic mass is 15.1. The van der Waals surface area contributed by atoms with Gasteiger partial charge in [0.2, 0.25) is 0 Å². The van der Waals surface area contributed by atoms with Crippen molar-refractivity contribution in [3.63, 3.8) is 0 Å². The molecular formula is C16H37N3. The van der Waals surface area contributed by atoms with Crippen molar-refractivity contribution in [1.82, 2.24) is 9.80 Å². The molecule has 0 rings (SSSR count). The molecule has 2 N–H and O–H groups in total. The monoisotopic (exact) mass is 271 g/mol. The van der Waals surface area contributed by atoms with Gasteiger partial charge < -0.3 is 15.5 Å². The molecule has 0 radical (unpaired) electrons. The van der Waals surface area contributed by atoms with Crippen molar-refractivity contribution >= 4 is 0 Å². The van der Waals surface area contributed by atoms with E-state index in [1.807, 2.05) is 0 Å². The minimum Gasteiger partial charge on any atom is -0.330 e. The van der Waals surface area contributed by atoms with Crippen LogP contribution in [0.3, 0.4) is 0 Å². The Kier molecular flexibility index (Phi) is 11.6. The molecule has 3 nitrogen and oxygen atoms in total. The first-order chi connectivity index (χ1) is 9.07. The van der Waals surface area contributed by atoms with Gasteiger partial charge in [0, 0.05) is 6.54 Å².